The molecule has 0 fully saturated rings. The lowest BCUT2D eigenvalue weighted by molar-refractivity contribution is 0.0696. The van der Waals surface area contributed by atoms with Crippen molar-refractivity contribution in [3.8, 4) is 0 Å². The number of anilines is 1. The summed E-state index contributed by atoms with van der Waals surface area (Å²) < 4.78 is 0.730. The highest BCUT2D eigenvalue weighted by atomic mass is 79.9. The van der Waals surface area contributed by atoms with Gasteiger partial charge in [0.05, 0.1) is 5.56 Å². The second-order valence-electron chi connectivity index (χ2n) is 2.87. The molecule has 13 heavy (non-hydrogen) atoms. The fraction of sp³-hybridized carbons (Fsp3) is 0.222. The van der Waals surface area contributed by atoms with Gasteiger partial charge < -0.3 is 10.8 Å². The van der Waals surface area contributed by atoms with E-state index in [0.717, 1.165) is 10.0 Å². The first-order chi connectivity index (χ1) is 5.95. The van der Waals surface area contributed by atoms with Crippen molar-refractivity contribution in [2.24, 2.45) is 0 Å². The van der Waals surface area contributed by atoms with E-state index in [9.17, 15) is 4.79 Å². The summed E-state index contributed by atoms with van der Waals surface area (Å²) in [7, 11) is 0. The number of nitrogen functional groups attached to an aromatic ring is 1. The van der Waals surface area contributed by atoms with Gasteiger partial charge in [-0.1, -0.05) is 15.9 Å². The van der Waals surface area contributed by atoms with Gasteiger partial charge >= 0.3 is 5.97 Å². The lowest BCUT2D eigenvalue weighted by Gasteiger charge is -2.09. The molecule has 0 heterocycles. The monoisotopic (exact) mass is 243 g/mol. The molecule has 0 spiro atoms. The second kappa shape index (κ2) is 3.38. The van der Waals surface area contributed by atoms with Crippen molar-refractivity contribution in [3.63, 3.8) is 0 Å². The van der Waals surface area contributed by atoms with Crippen LogP contribution in [0.3, 0.4) is 0 Å². The first-order valence-corrected chi connectivity index (χ1v) is 4.53. The summed E-state index contributed by atoms with van der Waals surface area (Å²) in [5, 5.41) is 8.83. The average molecular weight is 244 g/mol. The third kappa shape index (κ3) is 1.67. The maximum absolute atomic E-state index is 10.8. The third-order valence-electron chi connectivity index (χ3n) is 2.07. The van der Waals surface area contributed by atoms with Crippen LogP contribution in [0.25, 0.3) is 0 Å². The van der Waals surface area contributed by atoms with Crippen LogP contribution in [0.1, 0.15) is 21.5 Å². The number of carboxylic acid groups (broad SMARTS) is 1. The number of rotatable bonds is 1. The van der Waals surface area contributed by atoms with E-state index in [1.54, 1.807) is 13.0 Å². The van der Waals surface area contributed by atoms with Gasteiger partial charge in [-0.3, -0.25) is 0 Å². The van der Waals surface area contributed by atoms with Gasteiger partial charge in [-0.15, -0.1) is 0 Å². The first-order valence-electron chi connectivity index (χ1n) is 3.73. The van der Waals surface area contributed by atoms with E-state index in [1.807, 2.05) is 6.92 Å². The molecule has 3 N–H and O–H groups in total. The SMILES string of the molecule is Cc1c(Br)cc(C(=O)O)c(C)c1N. The van der Waals surface area contributed by atoms with Crippen LogP contribution in [0.4, 0.5) is 5.69 Å². The van der Waals surface area contributed by atoms with E-state index < -0.39 is 5.97 Å². The Morgan fingerprint density at radius 2 is 2.00 bits per heavy atom. The molecule has 70 valence electrons. The summed E-state index contributed by atoms with van der Waals surface area (Å²) >= 11 is 3.26. The smallest absolute Gasteiger partial charge is 0.336 e. The minimum Gasteiger partial charge on any atom is -0.478 e. The van der Waals surface area contributed by atoms with Crippen LogP contribution in [0.2, 0.25) is 0 Å². The van der Waals surface area contributed by atoms with Gasteiger partial charge in [-0.05, 0) is 31.0 Å². The molecular formula is C9H10BrNO2. The predicted molar refractivity (Wildman–Crippen MR) is 55.0 cm³/mol. The van der Waals surface area contributed by atoms with Crippen molar-refractivity contribution >= 4 is 27.6 Å². The number of benzene rings is 1. The summed E-state index contributed by atoms with van der Waals surface area (Å²) in [6.07, 6.45) is 0. The Hall–Kier alpha value is -1.03. The van der Waals surface area contributed by atoms with Crippen molar-refractivity contribution in [2.45, 2.75) is 13.8 Å². The van der Waals surface area contributed by atoms with Crippen molar-refractivity contribution in [3.05, 3.63) is 27.2 Å². The van der Waals surface area contributed by atoms with Crippen molar-refractivity contribution in [2.75, 3.05) is 5.73 Å². The second-order valence-corrected chi connectivity index (χ2v) is 3.73. The Morgan fingerprint density at radius 3 is 2.46 bits per heavy atom. The Labute approximate surface area is 84.7 Å². The van der Waals surface area contributed by atoms with Gasteiger partial charge in [-0.25, -0.2) is 4.79 Å². The fourth-order valence-electron chi connectivity index (χ4n) is 1.12. The molecule has 0 aliphatic carbocycles. The van der Waals surface area contributed by atoms with Crippen molar-refractivity contribution < 1.29 is 9.90 Å². The third-order valence-corrected chi connectivity index (χ3v) is 2.90. The molecule has 0 aromatic heterocycles. The van der Waals surface area contributed by atoms with Gasteiger partial charge in [0.1, 0.15) is 0 Å². The summed E-state index contributed by atoms with van der Waals surface area (Å²) in [5.41, 5.74) is 8.00. The Balaban J connectivity index is 3.50. The molecule has 4 heteroatoms. The molecule has 0 bridgehead atoms. The van der Waals surface area contributed by atoms with E-state index in [4.69, 9.17) is 10.8 Å². The first kappa shape index (κ1) is 10.1. The number of hydrogen-bond acceptors (Lipinski definition) is 2. The maximum atomic E-state index is 10.8. The molecule has 0 radical (unpaired) electrons. The average Bonchev–Trinajstić information content (AvgIpc) is 2.07. The summed E-state index contributed by atoms with van der Waals surface area (Å²) in [4.78, 5) is 10.8. The lowest BCUT2D eigenvalue weighted by Crippen LogP contribution is -2.04. The zero-order valence-corrected chi connectivity index (χ0v) is 8.97. The number of halogens is 1. The highest BCUT2D eigenvalue weighted by Crippen LogP contribution is 2.28. The van der Waals surface area contributed by atoms with Crippen LogP contribution in [0.15, 0.2) is 10.5 Å². The van der Waals surface area contributed by atoms with Crippen molar-refractivity contribution in [1.29, 1.82) is 0 Å². The number of aromatic carboxylic acids is 1. The lowest BCUT2D eigenvalue weighted by atomic mass is 10.0. The topological polar surface area (TPSA) is 63.3 Å². The number of nitrogens with two attached hydrogens (primary N) is 1. The zero-order valence-electron chi connectivity index (χ0n) is 7.39. The van der Waals surface area contributed by atoms with Gasteiger partial charge in [0.2, 0.25) is 0 Å². The number of carbonyl (C=O) groups is 1. The minimum atomic E-state index is -0.954. The van der Waals surface area contributed by atoms with Gasteiger partial charge in [0.15, 0.2) is 0 Å². The van der Waals surface area contributed by atoms with E-state index in [0.29, 0.717) is 11.3 Å². The van der Waals surface area contributed by atoms with Crippen molar-refractivity contribution in [1.82, 2.24) is 0 Å². The molecular weight excluding hydrogens is 234 g/mol. The normalized spacial score (nSPS) is 10.1. The Morgan fingerprint density at radius 1 is 1.46 bits per heavy atom. The molecule has 3 nitrogen and oxygen atoms in total. The minimum absolute atomic E-state index is 0.245. The molecule has 0 saturated carbocycles. The van der Waals surface area contributed by atoms with Crippen LogP contribution in [0.5, 0.6) is 0 Å². The molecule has 0 unspecified atom stereocenters. The van der Waals surface area contributed by atoms with Crippen LogP contribution < -0.4 is 5.73 Å². The number of carboxylic acids is 1. The van der Waals surface area contributed by atoms with Gasteiger partial charge in [0, 0.05) is 10.2 Å². The van der Waals surface area contributed by atoms with Crippen LogP contribution in [-0.2, 0) is 0 Å². The highest BCUT2D eigenvalue weighted by Gasteiger charge is 2.13. The predicted octanol–water partition coefficient (Wildman–Crippen LogP) is 2.35. The maximum Gasteiger partial charge on any atom is 0.336 e. The molecule has 0 aliphatic rings. The molecule has 0 aliphatic heterocycles. The molecule has 0 saturated heterocycles. The van der Waals surface area contributed by atoms with Crippen LogP contribution in [-0.4, -0.2) is 11.1 Å². The van der Waals surface area contributed by atoms with Crippen LogP contribution >= 0.6 is 15.9 Å². The molecule has 0 atom stereocenters. The number of hydrogen-bond donors (Lipinski definition) is 2. The standard InChI is InChI=1S/C9H10BrNO2/c1-4-6(9(12)13)3-7(10)5(2)8(4)11/h3H,11H2,1-2H3,(H,12,13). The van der Waals surface area contributed by atoms with Crippen LogP contribution in [0, 0.1) is 13.8 Å². The quantitative estimate of drug-likeness (QED) is 0.745. The van der Waals surface area contributed by atoms with Gasteiger partial charge in [0.25, 0.3) is 0 Å². The molecule has 0 amide bonds. The largest absolute Gasteiger partial charge is 0.478 e. The Kier molecular flexibility index (Phi) is 2.61. The molecule has 1 rings (SSSR count). The highest BCUT2D eigenvalue weighted by molar-refractivity contribution is 9.10. The van der Waals surface area contributed by atoms with Gasteiger partial charge in [-0.2, -0.15) is 0 Å². The fourth-order valence-corrected chi connectivity index (χ4v) is 1.56. The summed E-state index contributed by atoms with van der Waals surface area (Å²) in [6, 6.07) is 1.57. The Bertz CT molecular complexity index is 374. The zero-order chi connectivity index (χ0) is 10.2. The van der Waals surface area contributed by atoms with E-state index in [2.05, 4.69) is 15.9 Å². The summed E-state index contributed by atoms with van der Waals surface area (Å²) in [5.74, 6) is -0.954. The van der Waals surface area contributed by atoms with E-state index in [1.165, 1.54) is 0 Å². The molecule has 1 aromatic carbocycles. The van der Waals surface area contributed by atoms with E-state index in [-0.39, 0.29) is 5.56 Å². The van der Waals surface area contributed by atoms with E-state index >= 15 is 0 Å². The molecule has 1 aromatic rings. The summed E-state index contributed by atoms with van der Waals surface area (Å²) in [6.45, 7) is 3.55.